The minimum atomic E-state index is 1.02. The molecule has 0 saturated heterocycles. The predicted octanol–water partition coefficient (Wildman–Crippen LogP) is 7.29. The van der Waals surface area contributed by atoms with Gasteiger partial charge < -0.3 is 4.57 Å². The summed E-state index contributed by atoms with van der Waals surface area (Å²) >= 11 is 0. The third-order valence-corrected chi connectivity index (χ3v) is 5.27. The maximum absolute atomic E-state index is 4.00. The van der Waals surface area contributed by atoms with E-state index in [2.05, 4.69) is 92.2 Å². The maximum atomic E-state index is 4.00. The van der Waals surface area contributed by atoms with Crippen LogP contribution in [0.3, 0.4) is 0 Å². The van der Waals surface area contributed by atoms with E-state index in [9.17, 15) is 0 Å². The standard InChI is InChI=1S/C26H23N/c1-5-9-22(6-2)27-25-11-8-7-10-23(25)24-17-21(14-15-26(24)27)20-13-12-18(3)19(4)16-20/h5-17H,1-2H2,3-4H3/b22-9+. The van der Waals surface area contributed by atoms with Crippen LogP contribution in [0, 0.1) is 13.8 Å². The summed E-state index contributed by atoms with van der Waals surface area (Å²) in [6.07, 6.45) is 5.68. The third kappa shape index (κ3) is 2.82. The average molecular weight is 349 g/mol. The second-order valence-corrected chi connectivity index (χ2v) is 6.91. The van der Waals surface area contributed by atoms with E-state index in [-0.39, 0.29) is 0 Å². The summed E-state index contributed by atoms with van der Waals surface area (Å²) in [4.78, 5) is 0. The second-order valence-electron chi connectivity index (χ2n) is 6.91. The molecule has 0 N–H and O–H groups in total. The number of nitrogens with zero attached hydrogens (tertiary/aromatic N) is 1. The molecule has 0 fully saturated rings. The first-order valence-corrected chi connectivity index (χ1v) is 9.20. The lowest BCUT2D eigenvalue weighted by Gasteiger charge is -2.09. The molecule has 0 aliphatic carbocycles. The van der Waals surface area contributed by atoms with Crippen molar-refractivity contribution in [3.63, 3.8) is 0 Å². The van der Waals surface area contributed by atoms with Crippen LogP contribution in [-0.2, 0) is 0 Å². The van der Waals surface area contributed by atoms with Gasteiger partial charge >= 0.3 is 0 Å². The van der Waals surface area contributed by atoms with Crippen LogP contribution in [0.15, 0.2) is 92.0 Å². The normalized spacial score (nSPS) is 11.9. The highest BCUT2D eigenvalue weighted by atomic mass is 15.0. The van der Waals surface area contributed by atoms with E-state index in [0.717, 1.165) is 5.70 Å². The van der Waals surface area contributed by atoms with Gasteiger partial charge in [0.2, 0.25) is 0 Å². The Kier molecular flexibility index (Phi) is 4.29. The molecule has 3 aromatic carbocycles. The number of aromatic nitrogens is 1. The summed E-state index contributed by atoms with van der Waals surface area (Å²) in [5.41, 5.74) is 8.51. The van der Waals surface area contributed by atoms with Gasteiger partial charge in [0.05, 0.1) is 11.0 Å². The van der Waals surface area contributed by atoms with Crippen LogP contribution in [0.1, 0.15) is 11.1 Å². The summed E-state index contributed by atoms with van der Waals surface area (Å²) < 4.78 is 2.25. The van der Waals surface area contributed by atoms with Gasteiger partial charge in [-0.1, -0.05) is 61.7 Å². The lowest BCUT2D eigenvalue weighted by molar-refractivity contribution is 1.24. The van der Waals surface area contributed by atoms with Crippen LogP contribution in [0.2, 0.25) is 0 Å². The van der Waals surface area contributed by atoms with Gasteiger partial charge in [-0.15, -0.1) is 0 Å². The molecule has 0 aliphatic heterocycles. The average Bonchev–Trinajstić information content (AvgIpc) is 3.02. The van der Waals surface area contributed by atoms with E-state index in [1.54, 1.807) is 6.08 Å². The first-order chi connectivity index (χ1) is 13.1. The zero-order chi connectivity index (χ0) is 19.0. The molecular weight excluding hydrogens is 326 g/mol. The number of benzene rings is 3. The number of hydrogen-bond donors (Lipinski definition) is 0. The molecule has 1 aromatic heterocycles. The minimum absolute atomic E-state index is 1.02. The van der Waals surface area contributed by atoms with Crippen molar-refractivity contribution < 1.29 is 0 Å². The summed E-state index contributed by atoms with van der Waals surface area (Å²) in [5.74, 6) is 0. The molecule has 4 rings (SSSR count). The van der Waals surface area contributed by atoms with Crippen LogP contribution in [0.5, 0.6) is 0 Å². The van der Waals surface area contributed by atoms with Crippen LogP contribution in [-0.4, -0.2) is 4.57 Å². The van der Waals surface area contributed by atoms with Crippen LogP contribution in [0.4, 0.5) is 0 Å². The SMILES string of the molecule is C=C/C=C(\C=C)n1c2ccccc2c2cc(-c3ccc(C)c(C)c3)ccc21. The number of hydrogen-bond acceptors (Lipinski definition) is 0. The summed E-state index contributed by atoms with van der Waals surface area (Å²) in [5, 5.41) is 2.49. The molecule has 0 atom stereocenters. The molecule has 0 unspecified atom stereocenters. The van der Waals surface area contributed by atoms with Gasteiger partial charge in [0, 0.05) is 16.5 Å². The number of para-hydroxylation sites is 1. The fourth-order valence-electron chi connectivity index (χ4n) is 3.71. The predicted molar refractivity (Wildman–Crippen MR) is 119 cm³/mol. The highest BCUT2D eigenvalue weighted by Gasteiger charge is 2.13. The largest absolute Gasteiger partial charge is 0.309 e. The Labute approximate surface area is 160 Å². The van der Waals surface area contributed by atoms with E-state index in [4.69, 9.17) is 0 Å². The second kappa shape index (κ2) is 6.77. The van der Waals surface area contributed by atoms with Crippen molar-refractivity contribution in [3.05, 3.63) is 103 Å². The van der Waals surface area contributed by atoms with Gasteiger partial charge in [-0.2, -0.15) is 0 Å². The molecule has 1 nitrogen and oxygen atoms in total. The van der Waals surface area contributed by atoms with Crippen molar-refractivity contribution in [1.82, 2.24) is 4.57 Å². The molecule has 27 heavy (non-hydrogen) atoms. The van der Waals surface area contributed by atoms with Crippen molar-refractivity contribution in [2.75, 3.05) is 0 Å². The van der Waals surface area contributed by atoms with E-state index in [1.807, 2.05) is 12.2 Å². The zero-order valence-corrected chi connectivity index (χ0v) is 15.9. The first kappa shape index (κ1) is 17.1. The number of rotatable bonds is 4. The maximum Gasteiger partial charge on any atom is 0.0541 e. The van der Waals surface area contributed by atoms with Crippen molar-refractivity contribution >= 4 is 27.5 Å². The van der Waals surface area contributed by atoms with E-state index in [1.165, 1.54) is 44.1 Å². The van der Waals surface area contributed by atoms with Crippen LogP contribution < -0.4 is 0 Å². The van der Waals surface area contributed by atoms with Crippen molar-refractivity contribution in [3.8, 4) is 11.1 Å². The molecule has 1 heterocycles. The van der Waals surface area contributed by atoms with Gasteiger partial charge in [-0.05, 0) is 66.5 Å². The Morgan fingerprint density at radius 3 is 2.22 bits per heavy atom. The molecule has 0 spiro atoms. The van der Waals surface area contributed by atoms with Gasteiger partial charge in [0.15, 0.2) is 0 Å². The minimum Gasteiger partial charge on any atom is -0.309 e. The highest BCUT2D eigenvalue weighted by molar-refractivity contribution is 6.11. The molecule has 4 aromatic rings. The smallest absolute Gasteiger partial charge is 0.0541 e. The Balaban J connectivity index is 2.03. The molecule has 0 saturated carbocycles. The lowest BCUT2D eigenvalue weighted by Crippen LogP contribution is -1.93. The van der Waals surface area contributed by atoms with E-state index < -0.39 is 0 Å². The molecule has 0 bridgehead atoms. The number of fused-ring (bicyclic) bond motifs is 3. The first-order valence-electron chi connectivity index (χ1n) is 9.20. The molecule has 0 aliphatic rings. The van der Waals surface area contributed by atoms with Crippen LogP contribution >= 0.6 is 0 Å². The number of aryl methyl sites for hydroxylation is 2. The van der Waals surface area contributed by atoms with Crippen molar-refractivity contribution in [1.29, 1.82) is 0 Å². The Bertz CT molecular complexity index is 1220. The number of allylic oxidation sites excluding steroid dienone is 4. The van der Waals surface area contributed by atoms with Gasteiger partial charge in [0.25, 0.3) is 0 Å². The molecule has 0 radical (unpaired) electrons. The molecule has 1 heteroatoms. The molecular formula is C26H23N. The van der Waals surface area contributed by atoms with E-state index in [0.29, 0.717) is 0 Å². The Hall–Kier alpha value is -3.32. The van der Waals surface area contributed by atoms with Gasteiger partial charge in [0.1, 0.15) is 0 Å². The lowest BCUT2D eigenvalue weighted by atomic mass is 9.99. The molecule has 132 valence electrons. The quantitative estimate of drug-likeness (QED) is 0.341. The summed E-state index contributed by atoms with van der Waals surface area (Å²) in [7, 11) is 0. The Morgan fingerprint density at radius 1 is 0.778 bits per heavy atom. The van der Waals surface area contributed by atoms with Crippen molar-refractivity contribution in [2.45, 2.75) is 13.8 Å². The van der Waals surface area contributed by atoms with Crippen molar-refractivity contribution in [2.24, 2.45) is 0 Å². The fraction of sp³-hybridized carbons (Fsp3) is 0.0769. The Morgan fingerprint density at radius 2 is 1.48 bits per heavy atom. The topological polar surface area (TPSA) is 4.93 Å². The van der Waals surface area contributed by atoms with Crippen LogP contribution in [0.25, 0.3) is 38.6 Å². The van der Waals surface area contributed by atoms with E-state index >= 15 is 0 Å². The fourth-order valence-corrected chi connectivity index (χ4v) is 3.71. The monoisotopic (exact) mass is 349 g/mol. The summed E-state index contributed by atoms with van der Waals surface area (Å²) in [6.45, 7) is 12.2. The zero-order valence-electron chi connectivity index (χ0n) is 15.9. The summed E-state index contributed by atoms with van der Waals surface area (Å²) in [6, 6.07) is 21.9. The highest BCUT2D eigenvalue weighted by Crippen LogP contribution is 2.35. The third-order valence-electron chi connectivity index (χ3n) is 5.27. The molecule has 0 amide bonds. The van der Waals surface area contributed by atoms with Gasteiger partial charge in [-0.25, -0.2) is 0 Å². The van der Waals surface area contributed by atoms with Gasteiger partial charge in [-0.3, -0.25) is 0 Å².